The number of nitrogens with zero attached hydrogens (tertiary/aromatic N) is 3. The second-order valence-electron chi connectivity index (χ2n) is 6.57. The predicted molar refractivity (Wildman–Crippen MR) is 108 cm³/mol. The molecule has 0 unspecified atom stereocenters. The summed E-state index contributed by atoms with van der Waals surface area (Å²) in [6.45, 7) is 5.12. The number of amides is 1. The van der Waals surface area contributed by atoms with E-state index in [-0.39, 0.29) is 5.91 Å². The summed E-state index contributed by atoms with van der Waals surface area (Å²) < 4.78 is 1.05. The van der Waals surface area contributed by atoms with E-state index in [0.717, 1.165) is 57.7 Å². The number of aromatic nitrogens is 1. The van der Waals surface area contributed by atoms with Gasteiger partial charge in [0.1, 0.15) is 0 Å². The van der Waals surface area contributed by atoms with Crippen LogP contribution in [0.1, 0.15) is 11.1 Å². The van der Waals surface area contributed by atoms with E-state index in [0.29, 0.717) is 6.42 Å². The monoisotopic (exact) mass is 385 g/mol. The molecule has 1 aliphatic rings. The molecular weight excluding hydrogens is 366 g/mol. The number of thiazole rings is 1. The first-order valence-electron chi connectivity index (χ1n) is 8.74. The van der Waals surface area contributed by atoms with E-state index in [1.807, 2.05) is 47.4 Å². The van der Waals surface area contributed by atoms with Crippen molar-refractivity contribution in [2.75, 3.05) is 31.1 Å². The SMILES string of the molecule is Cc1ccc(Cl)c2sc(N3CCN(C(=O)Cc4ccccc4)CC3)nc12. The normalized spacial score (nSPS) is 14.8. The molecule has 2 aromatic carbocycles. The van der Waals surface area contributed by atoms with Gasteiger partial charge in [-0.2, -0.15) is 0 Å². The maximum atomic E-state index is 12.5. The largest absolute Gasteiger partial charge is 0.345 e. The summed E-state index contributed by atoms with van der Waals surface area (Å²) in [6, 6.07) is 13.9. The number of benzene rings is 2. The van der Waals surface area contributed by atoms with Crippen LogP contribution in [0.15, 0.2) is 42.5 Å². The molecule has 1 saturated heterocycles. The Morgan fingerprint density at radius 3 is 2.54 bits per heavy atom. The highest BCUT2D eigenvalue weighted by atomic mass is 35.5. The minimum absolute atomic E-state index is 0.194. The molecule has 134 valence electrons. The first-order valence-corrected chi connectivity index (χ1v) is 9.93. The smallest absolute Gasteiger partial charge is 0.227 e. The fourth-order valence-corrected chi connectivity index (χ4v) is 4.62. The molecule has 26 heavy (non-hydrogen) atoms. The first kappa shape index (κ1) is 17.3. The van der Waals surface area contributed by atoms with Crippen LogP contribution in [0, 0.1) is 6.92 Å². The highest BCUT2D eigenvalue weighted by Gasteiger charge is 2.23. The topological polar surface area (TPSA) is 36.4 Å². The summed E-state index contributed by atoms with van der Waals surface area (Å²) in [5, 5.41) is 1.75. The molecule has 2 heterocycles. The Balaban J connectivity index is 1.43. The second-order valence-corrected chi connectivity index (χ2v) is 7.95. The van der Waals surface area contributed by atoms with Crippen molar-refractivity contribution in [2.45, 2.75) is 13.3 Å². The molecule has 4 rings (SSSR count). The third-order valence-corrected chi connectivity index (χ3v) is 6.36. The maximum absolute atomic E-state index is 12.5. The van der Waals surface area contributed by atoms with E-state index in [1.165, 1.54) is 0 Å². The first-order chi connectivity index (χ1) is 12.6. The van der Waals surface area contributed by atoms with Gasteiger partial charge in [0.15, 0.2) is 5.13 Å². The number of hydrogen-bond acceptors (Lipinski definition) is 4. The second kappa shape index (κ2) is 7.25. The molecule has 0 bridgehead atoms. The molecule has 0 spiro atoms. The summed E-state index contributed by atoms with van der Waals surface area (Å²) in [5.74, 6) is 0.194. The zero-order valence-electron chi connectivity index (χ0n) is 14.6. The molecule has 1 fully saturated rings. The average Bonchev–Trinajstić information content (AvgIpc) is 3.13. The van der Waals surface area contributed by atoms with Crippen molar-refractivity contribution in [3.8, 4) is 0 Å². The van der Waals surface area contributed by atoms with Crippen molar-refractivity contribution in [1.29, 1.82) is 0 Å². The van der Waals surface area contributed by atoms with Gasteiger partial charge in [-0.1, -0.05) is 59.3 Å². The zero-order chi connectivity index (χ0) is 18.1. The van der Waals surface area contributed by atoms with Gasteiger partial charge in [0.05, 0.1) is 21.7 Å². The minimum atomic E-state index is 0.194. The van der Waals surface area contributed by atoms with Crippen LogP contribution in [0.5, 0.6) is 0 Å². The molecule has 6 heteroatoms. The van der Waals surface area contributed by atoms with Gasteiger partial charge in [0, 0.05) is 26.2 Å². The molecule has 1 aromatic heterocycles. The lowest BCUT2D eigenvalue weighted by Crippen LogP contribution is -2.49. The minimum Gasteiger partial charge on any atom is -0.345 e. The van der Waals surface area contributed by atoms with Gasteiger partial charge in [-0.15, -0.1) is 0 Å². The molecule has 1 aliphatic heterocycles. The molecule has 0 aliphatic carbocycles. The van der Waals surface area contributed by atoms with E-state index in [1.54, 1.807) is 11.3 Å². The van der Waals surface area contributed by atoms with E-state index >= 15 is 0 Å². The van der Waals surface area contributed by atoms with Crippen molar-refractivity contribution in [3.05, 3.63) is 58.6 Å². The molecule has 0 radical (unpaired) electrons. The van der Waals surface area contributed by atoms with Gasteiger partial charge in [-0.05, 0) is 24.1 Å². The Kier molecular flexibility index (Phi) is 4.83. The van der Waals surface area contributed by atoms with Gasteiger partial charge in [-0.3, -0.25) is 4.79 Å². The number of piperazine rings is 1. The van der Waals surface area contributed by atoms with Crippen LogP contribution in [0.3, 0.4) is 0 Å². The lowest BCUT2D eigenvalue weighted by Gasteiger charge is -2.34. The van der Waals surface area contributed by atoms with Gasteiger partial charge < -0.3 is 9.80 Å². The molecule has 1 amide bonds. The Morgan fingerprint density at radius 2 is 1.85 bits per heavy atom. The third-order valence-electron chi connectivity index (χ3n) is 4.79. The Hall–Kier alpha value is -2.11. The van der Waals surface area contributed by atoms with E-state index < -0.39 is 0 Å². The number of aryl methyl sites for hydroxylation is 1. The van der Waals surface area contributed by atoms with Crippen molar-refractivity contribution in [3.63, 3.8) is 0 Å². The van der Waals surface area contributed by atoms with E-state index in [9.17, 15) is 4.79 Å². The zero-order valence-corrected chi connectivity index (χ0v) is 16.2. The molecule has 0 atom stereocenters. The van der Waals surface area contributed by atoms with Crippen molar-refractivity contribution in [1.82, 2.24) is 9.88 Å². The highest BCUT2D eigenvalue weighted by Crippen LogP contribution is 2.35. The highest BCUT2D eigenvalue weighted by molar-refractivity contribution is 7.22. The number of fused-ring (bicyclic) bond motifs is 1. The maximum Gasteiger partial charge on any atom is 0.227 e. The van der Waals surface area contributed by atoms with Gasteiger partial charge in [0.25, 0.3) is 0 Å². The predicted octanol–water partition coefficient (Wildman–Crippen LogP) is 4.15. The molecule has 4 nitrogen and oxygen atoms in total. The summed E-state index contributed by atoms with van der Waals surface area (Å²) in [5.41, 5.74) is 3.19. The van der Waals surface area contributed by atoms with Crippen LogP contribution in [0.25, 0.3) is 10.2 Å². The Morgan fingerprint density at radius 1 is 1.12 bits per heavy atom. The average molecular weight is 386 g/mol. The number of halogens is 1. The standard InChI is InChI=1S/C20H20ClN3OS/c1-14-7-8-16(21)19-18(14)22-20(26-19)24-11-9-23(10-12-24)17(25)13-15-5-3-2-4-6-15/h2-8H,9-13H2,1H3. The quantitative estimate of drug-likeness (QED) is 0.679. The van der Waals surface area contributed by atoms with Crippen LogP contribution in [-0.4, -0.2) is 42.0 Å². The molecular formula is C20H20ClN3OS. The van der Waals surface area contributed by atoms with Crippen molar-refractivity contribution < 1.29 is 4.79 Å². The molecule has 0 saturated carbocycles. The van der Waals surface area contributed by atoms with Gasteiger partial charge in [-0.25, -0.2) is 4.98 Å². The lowest BCUT2D eigenvalue weighted by atomic mass is 10.1. The Bertz CT molecular complexity index is 894. The molecule has 3 aromatic rings. The fourth-order valence-electron chi connectivity index (χ4n) is 3.26. The van der Waals surface area contributed by atoms with Crippen LogP contribution in [-0.2, 0) is 11.2 Å². The van der Waals surface area contributed by atoms with E-state index in [2.05, 4.69) is 11.8 Å². The Labute approximate surface area is 162 Å². The van der Waals surface area contributed by atoms with Gasteiger partial charge in [0.2, 0.25) is 5.91 Å². The third kappa shape index (κ3) is 3.41. The number of rotatable bonds is 3. The lowest BCUT2D eigenvalue weighted by molar-refractivity contribution is -0.130. The summed E-state index contributed by atoms with van der Waals surface area (Å²) in [6.07, 6.45) is 0.469. The van der Waals surface area contributed by atoms with E-state index in [4.69, 9.17) is 16.6 Å². The van der Waals surface area contributed by atoms with Crippen molar-refractivity contribution in [2.24, 2.45) is 0 Å². The summed E-state index contributed by atoms with van der Waals surface area (Å²) >= 11 is 7.96. The fraction of sp³-hybridized carbons (Fsp3) is 0.300. The van der Waals surface area contributed by atoms with Crippen LogP contribution in [0.4, 0.5) is 5.13 Å². The van der Waals surface area contributed by atoms with Crippen molar-refractivity contribution >= 4 is 44.2 Å². The summed E-state index contributed by atoms with van der Waals surface area (Å²) in [4.78, 5) is 21.5. The van der Waals surface area contributed by atoms with Gasteiger partial charge >= 0.3 is 0 Å². The van der Waals surface area contributed by atoms with Crippen LogP contribution < -0.4 is 4.90 Å². The molecule has 0 N–H and O–H groups in total. The van der Waals surface area contributed by atoms with Crippen LogP contribution >= 0.6 is 22.9 Å². The number of carbonyl (C=O) groups excluding carboxylic acids is 1. The number of hydrogen-bond donors (Lipinski definition) is 0. The van der Waals surface area contributed by atoms with Crippen LogP contribution in [0.2, 0.25) is 5.02 Å². The number of anilines is 1. The summed E-state index contributed by atoms with van der Waals surface area (Å²) in [7, 11) is 0. The number of carbonyl (C=O) groups is 1.